The second-order valence-corrected chi connectivity index (χ2v) is 9.41. The van der Waals surface area contributed by atoms with Crippen molar-refractivity contribution in [3.8, 4) is 28.5 Å². The normalized spacial score (nSPS) is 14.2. The number of amides is 1. The number of likely N-dealkylation sites (N-methyl/N-ethyl adjacent to an activating group) is 1. The van der Waals surface area contributed by atoms with Crippen LogP contribution < -0.4 is 23.9 Å². The van der Waals surface area contributed by atoms with Gasteiger partial charge >= 0.3 is 0 Å². The number of ether oxygens (including phenoxy) is 3. The molecule has 0 fully saturated rings. The number of benzene rings is 3. The van der Waals surface area contributed by atoms with Crippen LogP contribution in [-0.2, 0) is 11.2 Å². The third-order valence-corrected chi connectivity index (χ3v) is 7.22. The van der Waals surface area contributed by atoms with Crippen LogP contribution in [0.3, 0.4) is 0 Å². The number of aromatic nitrogens is 1. The van der Waals surface area contributed by atoms with Gasteiger partial charge in [0.05, 0.1) is 32.7 Å². The van der Waals surface area contributed by atoms with Gasteiger partial charge in [0.15, 0.2) is 17.2 Å². The Morgan fingerprint density at radius 2 is 1.58 bits per heavy atom. The van der Waals surface area contributed by atoms with E-state index in [4.69, 9.17) is 24.3 Å². The van der Waals surface area contributed by atoms with E-state index in [0.717, 1.165) is 28.9 Å². The molecule has 0 aliphatic carbocycles. The van der Waals surface area contributed by atoms with E-state index in [-0.39, 0.29) is 5.91 Å². The van der Waals surface area contributed by atoms with E-state index in [2.05, 4.69) is 12.1 Å². The fourth-order valence-corrected chi connectivity index (χ4v) is 5.26. The highest BCUT2D eigenvalue weighted by atomic mass is 32.1. The zero-order valence-electron chi connectivity index (χ0n) is 21.7. The maximum absolute atomic E-state index is 13.2. The number of carbonyl (C=O) groups is 1. The molecule has 4 aromatic rings. The molecule has 8 nitrogen and oxygen atoms in total. The zero-order chi connectivity index (χ0) is 26.6. The number of para-hydroxylation sites is 1. The van der Waals surface area contributed by atoms with E-state index in [0.29, 0.717) is 34.3 Å². The van der Waals surface area contributed by atoms with Crippen LogP contribution >= 0.6 is 11.3 Å². The Bertz CT molecular complexity index is 1550. The summed E-state index contributed by atoms with van der Waals surface area (Å²) in [5.41, 5.74) is 4.71. The maximum Gasteiger partial charge on any atom is 0.279 e. The molecule has 0 saturated carbocycles. The summed E-state index contributed by atoms with van der Waals surface area (Å²) in [6, 6.07) is 21.6. The highest BCUT2D eigenvalue weighted by Crippen LogP contribution is 2.41. The van der Waals surface area contributed by atoms with Crippen molar-refractivity contribution in [2.24, 2.45) is 10.1 Å². The summed E-state index contributed by atoms with van der Waals surface area (Å²) in [5.74, 6) is 1.38. The van der Waals surface area contributed by atoms with E-state index in [1.807, 2.05) is 60.0 Å². The van der Waals surface area contributed by atoms with Crippen LogP contribution in [0.1, 0.15) is 11.1 Å². The number of thiazole rings is 1. The van der Waals surface area contributed by atoms with Gasteiger partial charge < -0.3 is 19.1 Å². The molecule has 194 valence electrons. The molecule has 1 aromatic heterocycles. The Morgan fingerprint density at radius 3 is 2.26 bits per heavy atom. The van der Waals surface area contributed by atoms with Gasteiger partial charge in [-0.25, -0.2) is 4.68 Å². The van der Waals surface area contributed by atoms with Crippen LogP contribution in [0, 0.1) is 0 Å². The Labute approximate surface area is 225 Å². The first-order valence-electron chi connectivity index (χ1n) is 12.1. The standard InChI is InChI=1S/C29H28N4O4S/c1-32-22-13-9-8-12-21(22)26(28(32)34)31-33-23(20-16-24(35-2)27(37-4)25(17-20)36-3)18-38-29(33)30-15-14-19-10-6-5-7-11-19/h5-13,16-18H,14-15H2,1-4H3. The summed E-state index contributed by atoms with van der Waals surface area (Å²) in [4.78, 5) is 20.4. The molecule has 1 aliphatic rings. The Hall–Kier alpha value is -4.37. The van der Waals surface area contributed by atoms with Gasteiger partial charge in [0.25, 0.3) is 5.91 Å². The molecule has 0 bridgehead atoms. The first-order valence-corrected chi connectivity index (χ1v) is 13.0. The molecule has 0 unspecified atom stereocenters. The average Bonchev–Trinajstić information content (AvgIpc) is 3.47. The fourth-order valence-electron chi connectivity index (χ4n) is 4.40. The number of anilines is 1. The van der Waals surface area contributed by atoms with Crippen molar-refractivity contribution in [2.45, 2.75) is 6.42 Å². The van der Waals surface area contributed by atoms with Crippen molar-refractivity contribution < 1.29 is 19.0 Å². The Kier molecular flexibility index (Phi) is 7.28. The summed E-state index contributed by atoms with van der Waals surface area (Å²) in [7, 11) is 6.49. The number of hydrogen-bond donors (Lipinski definition) is 0. The van der Waals surface area contributed by atoms with Gasteiger partial charge in [-0.05, 0) is 30.2 Å². The minimum atomic E-state index is -0.170. The van der Waals surface area contributed by atoms with Crippen LogP contribution in [0.15, 0.2) is 82.2 Å². The number of hydrogen-bond acceptors (Lipinski definition) is 7. The van der Waals surface area contributed by atoms with E-state index < -0.39 is 0 Å². The number of fused-ring (bicyclic) bond motifs is 1. The van der Waals surface area contributed by atoms with E-state index >= 15 is 0 Å². The highest BCUT2D eigenvalue weighted by Gasteiger charge is 2.31. The van der Waals surface area contributed by atoms with E-state index in [1.165, 1.54) is 16.9 Å². The van der Waals surface area contributed by atoms with Gasteiger partial charge in [0.1, 0.15) is 0 Å². The van der Waals surface area contributed by atoms with Crippen LogP contribution in [0.5, 0.6) is 17.2 Å². The monoisotopic (exact) mass is 528 g/mol. The second kappa shape index (κ2) is 10.9. The molecule has 9 heteroatoms. The summed E-state index contributed by atoms with van der Waals surface area (Å²) in [6.45, 7) is 0.578. The fraction of sp³-hybridized carbons (Fsp3) is 0.207. The molecular weight excluding hydrogens is 500 g/mol. The average molecular weight is 529 g/mol. The summed E-state index contributed by atoms with van der Waals surface area (Å²) in [5, 5.41) is 6.87. The summed E-state index contributed by atoms with van der Waals surface area (Å²) in [6.07, 6.45) is 0.791. The van der Waals surface area contributed by atoms with Crippen molar-refractivity contribution in [1.29, 1.82) is 0 Å². The van der Waals surface area contributed by atoms with Crippen LogP contribution in [0.25, 0.3) is 11.3 Å². The summed E-state index contributed by atoms with van der Waals surface area (Å²) >= 11 is 1.46. The molecule has 2 heterocycles. The third-order valence-electron chi connectivity index (χ3n) is 6.36. The quantitative estimate of drug-likeness (QED) is 0.335. The number of carbonyl (C=O) groups excluding carboxylic acids is 1. The molecule has 1 amide bonds. The minimum Gasteiger partial charge on any atom is -0.493 e. The van der Waals surface area contributed by atoms with Crippen molar-refractivity contribution in [3.63, 3.8) is 0 Å². The Balaban J connectivity index is 1.66. The molecular formula is C29H28N4O4S. The molecule has 1 aliphatic heterocycles. The maximum atomic E-state index is 13.2. The molecule has 5 rings (SSSR count). The molecule has 38 heavy (non-hydrogen) atoms. The largest absolute Gasteiger partial charge is 0.493 e. The predicted molar refractivity (Wildman–Crippen MR) is 150 cm³/mol. The van der Waals surface area contributed by atoms with Crippen LogP contribution in [0.4, 0.5) is 5.69 Å². The summed E-state index contributed by atoms with van der Waals surface area (Å²) < 4.78 is 18.4. The van der Waals surface area contributed by atoms with Crippen molar-refractivity contribution >= 4 is 28.6 Å². The highest BCUT2D eigenvalue weighted by molar-refractivity contribution is 7.07. The van der Waals surface area contributed by atoms with Gasteiger partial charge in [-0.2, -0.15) is 5.10 Å². The second-order valence-electron chi connectivity index (χ2n) is 8.58. The first kappa shape index (κ1) is 25.3. The molecule has 0 radical (unpaired) electrons. The lowest BCUT2D eigenvalue weighted by atomic mass is 10.1. The predicted octanol–water partition coefficient (Wildman–Crippen LogP) is 4.61. The van der Waals surface area contributed by atoms with E-state index in [1.54, 1.807) is 38.0 Å². The lowest BCUT2D eigenvalue weighted by Gasteiger charge is -2.14. The number of methoxy groups -OCH3 is 3. The van der Waals surface area contributed by atoms with Crippen LogP contribution in [0.2, 0.25) is 0 Å². The molecule has 0 atom stereocenters. The number of nitrogens with zero attached hydrogens (tertiary/aromatic N) is 4. The minimum absolute atomic E-state index is 0.170. The molecule has 0 spiro atoms. The van der Waals surface area contributed by atoms with Gasteiger partial charge in [-0.1, -0.05) is 48.5 Å². The smallest absolute Gasteiger partial charge is 0.279 e. The topological polar surface area (TPSA) is 77.7 Å². The lowest BCUT2D eigenvalue weighted by Crippen LogP contribution is -2.27. The third kappa shape index (κ3) is 4.68. The van der Waals surface area contributed by atoms with Gasteiger partial charge in [-0.3, -0.25) is 9.79 Å². The van der Waals surface area contributed by atoms with Crippen LogP contribution in [-0.4, -0.2) is 51.2 Å². The molecule has 3 aromatic carbocycles. The van der Waals surface area contributed by atoms with Gasteiger partial charge in [0, 0.05) is 30.1 Å². The van der Waals surface area contributed by atoms with Crippen molar-refractivity contribution in [3.05, 3.63) is 88.0 Å². The van der Waals surface area contributed by atoms with Crippen molar-refractivity contribution in [1.82, 2.24) is 4.68 Å². The molecule has 0 saturated heterocycles. The zero-order valence-corrected chi connectivity index (χ0v) is 22.5. The lowest BCUT2D eigenvalue weighted by molar-refractivity contribution is -0.112. The Morgan fingerprint density at radius 1 is 0.895 bits per heavy atom. The van der Waals surface area contributed by atoms with Crippen molar-refractivity contribution in [2.75, 3.05) is 39.8 Å². The first-order chi connectivity index (χ1) is 18.5. The molecule has 0 N–H and O–H groups in total. The van der Waals surface area contributed by atoms with Gasteiger partial charge in [-0.15, -0.1) is 11.3 Å². The number of rotatable bonds is 8. The van der Waals surface area contributed by atoms with E-state index in [9.17, 15) is 4.79 Å². The van der Waals surface area contributed by atoms with Gasteiger partial charge in [0.2, 0.25) is 10.6 Å². The SMILES string of the molecule is COc1cc(-c2csc(=NCCc3ccccc3)n2N=C2C(=O)N(C)c3ccccc32)cc(OC)c1OC.